The molecule has 2 aromatic carbocycles. The van der Waals surface area contributed by atoms with E-state index >= 15 is 0 Å². The lowest BCUT2D eigenvalue weighted by molar-refractivity contribution is -0.123. The zero-order valence-corrected chi connectivity index (χ0v) is 16.7. The number of amides is 1. The van der Waals surface area contributed by atoms with Crippen LogP contribution < -0.4 is 10.1 Å². The van der Waals surface area contributed by atoms with E-state index in [1.807, 2.05) is 18.2 Å². The molecule has 158 valence electrons. The average molecular weight is 430 g/mol. The van der Waals surface area contributed by atoms with Gasteiger partial charge in [0, 0.05) is 19.2 Å². The summed E-state index contributed by atoms with van der Waals surface area (Å²) in [4.78, 5) is 11.7. The maximum Gasteiger partial charge on any atom is 0.405 e. The van der Waals surface area contributed by atoms with Crippen LogP contribution in [0.3, 0.4) is 0 Å². The van der Waals surface area contributed by atoms with E-state index in [2.05, 4.69) is 0 Å². The van der Waals surface area contributed by atoms with Crippen molar-refractivity contribution < 1.29 is 31.1 Å². The first-order chi connectivity index (χ1) is 13.5. The standard InChI is InChI=1S/C19H21F3N2O4S/c1-24(12-11-14-5-3-4-6-17(14)28-2)29(26,27)16-9-7-15(8-10-16)18(25)23-13-19(20,21)22/h3-10H,11-13H2,1-2H3,(H,23,25). The van der Waals surface area contributed by atoms with Crippen LogP contribution in [0.15, 0.2) is 53.4 Å². The molecule has 29 heavy (non-hydrogen) atoms. The molecule has 10 heteroatoms. The number of nitrogens with zero attached hydrogens (tertiary/aromatic N) is 1. The lowest BCUT2D eigenvalue weighted by atomic mass is 10.1. The van der Waals surface area contributed by atoms with Gasteiger partial charge in [0.25, 0.3) is 5.91 Å². The number of rotatable bonds is 8. The number of halogens is 3. The van der Waals surface area contributed by atoms with Crippen molar-refractivity contribution in [2.24, 2.45) is 0 Å². The van der Waals surface area contributed by atoms with Crippen molar-refractivity contribution in [3.05, 3.63) is 59.7 Å². The Bertz CT molecular complexity index is 945. The van der Waals surface area contributed by atoms with Gasteiger partial charge in [0.1, 0.15) is 12.3 Å². The summed E-state index contributed by atoms with van der Waals surface area (Å²) in [7, 11) is -0.867. The van der Waals surface area contributed by atoms with E-state index in [1.54, 1.807) is 11.4 Å². The Morgan fingerprint density at radius 2 is 1.72 bits per heavy atom. The van der Waals surface area contributed by atoms with E-state index in [9.17, 15) is 26.4 Å². The second kappa shape index (κ2) is 9.27. The zero-order valence-electron chi connectivity index (χ0n) is 15.9. The van der Waals surface area contributed by atoms with E-state index in [0.717, 1.165) is 9.87 Å². The smallest absolute Gasteiger partial charge is 0.405 e. The fourth-order valence-corrected chi connectivity index (χ4v) is 3.72. The third-order valence-corrected chi connectivity index (χ3v) is 6.03. The lowest BCUT2D eigenvalue weighted by Gasteiger charge is -2.18. The molecule has 1 N–H and O–H groups in total. The first kappa shape index (κ1) is 22.7. The van der Waals surface area contributed by atoms with Gasteiger partial charge in [-0.05, 0) is 42.3 Å². The molecule has 0 unspecified atom stereocenters. The number of alkyl halides is 3. The van der Waals surface area contributed by atoms with Gasteiger partial charge >= 0.3 is 6.18 Å². The Labute approximate surface area is 167 Å². The second-order valence-corrected chi connectivity index (χ2v) is 8.26. The number of nitrogens with one attached hydrogen (secondary N) is 1. The molecular weight excluding hydrogens is 409 g/mol. The van der Waals surface area contributed by atoms with Gasteiger partial charge in [-0.1, -0.05) is 18.2 Å². The molecule has 0 radical (unpaired) electrons. The lowest BCUT2D eigenvalue weighted by Crippen LogP contribution is -2.33. The number of likely N-dealkylation sites (N-methyl/N-ethyl adjacent to an activating group) is 1. The van der Waals surface area contributed by atoms with Gasteiger partial charge in [0.05, 0.1) is 12.0 Å². The van der Waals surface area contributed by atoms with E-state index in [4.69, 9.17) is 4.74 Å². The van der Waals surface area contributed by atoms with E-state index < -0.39 is 28.7 Å². The minimum atomic E-state index is -4.52. The van der Waals surface area contributed by atoms with Crippen LogP contribution in [0.1, 0.15) is 15.9 Å². The van der Waals surface area contributed by atoms with Gasteiger partial charge in [-0.25, -0.2) is 12.7 Å². The summed E-state index contributed by atoms with van der Waals surface area (Å²) in [6.45, 7) is -1.27. The van der Waals surface area contributed by atoms with E-state index in [0.29, 0.717) is 12.2 Å². The SMILES string of the molecule is COc1ccccc1CCN(C)S(=O)(=O)c1ccc(C(=O)NCC(F)(F)F)cc1. The van der Waals surface area contributed by atoms with Crippen molar-refractivity contribution in [3.63, 3.8) is 0 Å². The minimum absolute atomic E-state index is 0.0626. The number of hydrogen-bond acceptors (Lipinski definition) is 4. The van der Waals surface area contributed by atoms with Crippen LogP contribution in [0.5, 0.6) is 5.75 Å². The summed E-state index contributed by atoms with van der Waals surface area (Å²) in [5.74, 6) is -0.275. The monoisotopic (exact) mass is 430 g/mol. The Kier molecular flexibility index (Phi) is 7.26. The molecule has 2 aromatic rings. The summed E-state index contributed by atoms with van der Waals surface area (Å²) in [5, 5.41) is 1.73. The predicted octanol–water partition coefficient (Wildman–Crippen LogP) is 2.85. The highest BCUT2D eigenvalue weighted by Crippen LogP contribution is 2.20. The molecule has 0 saturated heterocycles. The maximum absolute atomic E-state index is 12.7. The Morgan fingerprint density at radius 3 is 2.31 bits per heavy atom. The van der Waals surface area contributed by atoms with Crippen LogP contribution >= 0.6 is 0 Å². The van der Waals surface area contributed by atoms with Crippen LogP contribution in [-0.4, -0.2) is 52.1 Å². The maximum atomic E-state index is 12.7. The highest BCUT2D eigenvalue weighted by molar-refractivity contribution is 7.89. The number of methoxy groups -OCH3 is 1. The summed E-state index contributed by atoms with van der Waals surface area (Å²) in [5.41, 5.74) is 0.790. The van der Waals surface area contributed by atoms with Gasteiger partial charge in [-0.3, -0.25) is 4.79 Å². The number of carbonyl (C=O) groups is 1. The Balaban J connectivity index is 2.05. The average Bonchev–Trinajstić information content (AvgIpc) is 2.69. The molecule has 0 aromatic heterocycles. The molecule has 1 amide bonds. The molecule has 0 atom stereocenters. The second-order valence-electron chi connectivity index (χ2n) is 6.21. The Morgan fingerprint density at radius 1 is 1.10 bits per heavy atom. The van der Waals surface area contributed by atoms with Crippen molar-refractivity contribution in [1.29, 1.82) is 0 Å². The fraction of sp³-hybridized carbons (Fsp3) is 0.316. The van der Waals surface area contributed by atoms with Crippen molar-refractivity contribution in [2.75, 3.05) is 27.2 Å². The van der Waals surface area contributed by atoms with Crippen LogP contribution in [-0.2, 0) is 16.4 Å². The van der Waals surface area contributed by atoms with Crippen LogP contribution in [0, 0.1) is 0 Å². The van der Waals surface area contributed by atoms with Crippen LogP contribution in [0.4, 0.5) is 13.2 Å². The predicted molar refractivity (Wildman–Crippen MR) is 101 cm³/mol. The number of sulfonamides is 1. The third-order valence-electron chi connectivity index (χ3n) is 4.16. The van der Waals surface area contributed by atoms with Crippen molar-refractivity contribution >= 4 is 15.9 Å². The zero-order chi connectivity index (χ0) is 21.7. The molecule has 0 saturated carbocycles. The summed E-state index contributed by atoms with van der Waals surface area (Å²) < 4.78 is 68.3. The minimum Gasteiger partial charge on any atom is -0.496 e. The quantitative estimate of drug-likeness (QED) is 0.699. The third kappa shape index (κ3) is 6.20. The first-order valence-electron chi connectivity index (χ1n) is 8.58. The summed E-state index contributed by atoms with van der Waals surface area (Å²) in [6, 6.07) is 12.0. The fourth-order valence-electron chi connectivity index (χ4n) is 2.55. The number of benzene rings is 2. The van der Waals surface area contributed by atoms with Gasteiger partial charge in [0.2, 0.25) is 10.0 Å². The molecule has 0 aliphatic heterocycles. The van der Waals surface area contributed by atoms with Gasteiger partial charge in [0.15, 0.2) is 0 Å². The number of ether oxygens (including phenoxy) is 1. The molecule has 0 aliphatic carbocycles. The number of carbonyl (C=O) groups excluding carboxylic acids is 1. The molecule has 0 bridgehead atoms. The topological polar surface area (TPSA) is 75.7 Å². The molecule has 0 fully saturated rings. The number of hydrogen-bond donors (Lipinski definition) is 1. The first-order valence-corrected chi connectivity index (χ1v) is 10.0. The van der Waals surface area contributed by atoms with Crippen LogP contribution in [0.2, 0.25) is 0 Å². The van der Waals surface area contributed by atoms with E-state index in [-0.39, 0.29) is 17.0 Å². The van der Waals surface area contributed by atoms with Gasteiger partial charge in [-0.15, -0.1) is 0 Å². The van der Waals surface area contributed by atoms with Gasteiger partial charge < -0.3 is 10.1 Å². The summed E-state index contributed by atoms with van der Waals surface area (Å²) >= 11 is 0. The summed E-state index contributed by atoms with van der Waals surface area (Å²) in [6.07, 6.45) is -4.10. The highest BCUT2D eigenvalue weighted by atomic mass is 32.2. The molecule has 0 spiro atoms. The van der Waals surface area contributed by atoms with E-state index in [1.165, 1.54) is 38.4 Å². The van der Waals surface area contributed by atoms with Crippen LogP contribution in [0.25, 0.3) is 0 Å². The highest BCUT2D eigenvalue weighted by Gasteiger charge is 2.28. The van der Waals surface area contributed by atoms with Crippen molar-refractivity contribution in [3.8, 4) is 5.75 Å². The molecule has 0 aliphatic rings. The Hall–Kier alpha value is -2.59. The molecule has 2 rings (SSSR count). The molecular formula is C19H21F3N2O4S. The molecule has 0 heterocycles. The van der Waals surface area contributed by atoms with Crippen molar-refractivity contribution in [1.82, 2.24) is 9.62 Å². The molecule has 6 nitrogen and oxygen atoms in total. The number of para-hydroxylation sites is 1. The van der Waals surface area contributed by atoms with Gasteiger partial charge in [-0.2, -0.15) is 13.2 Å². The normalized spacial score (nSPS) is 12.1. The van der Waals surface area contributed by atoms with Crippen molar-refractivity contribution in [2.45, 2.75) is 17.5 Å². The largest absolute Gasteiger partial charge is 0.496 e.